The van der Waals surface area contributed by atoms with Crippen molar-refractivity contribution in [3.63, 3.8) is 0 Å². The number of amides is 2. The Kier molecular flexibility index (Phi) is 8.14. The van der Waals surface area contributed by atoms with E-state index >= 15 is 0 Å². The van der Waals surface area contributed by atoms with Crippen LogP contribution in [0.15, 0.2) is 49.1 Å². The number of ether oxygens (including phenoxy) is 1. The molecule has 3 heterocycles. The summed E-state index contributed by atoms with van der Waals surface area (Å²) in [5, 5.41) is 14.9. The summed E-state index contributed by atoms with van der Waals surface area (Å²) in [6, 6.07) is 15.0. The summed E-state index contributed by atoms with van der Waals surface area (Å²) in [4.78, 5) is 40.6. The van der Waals surface area contributed by atoms with E-state index < -0.39 is 0 Å². The van der Waals surface area contributed by atoms with Gasteiger partial charge in [0.1, 0.15) is 12.4 Å². The fraction of sp³-hybridized carbons (Fsp3) is 0.424. The van der Waals surface area contributed by atoms with Crippen molar-refractivity contribution < 1.29 is 14.3 Å². The van der Waals surface area contributed by atoms with E-state index in [1.165, 1.54) is 28.1 Å². The first-order valence-corrected chi connectivity index (χ1v) is 15.1. The molecule has 0 spiro atoms. The molecule has 2 fully saturated rings. The molecule has 0 unspecified atom stereocenters. The van der Waals surface area contributed by atoms with Crippen molar-refractivity contribution in [3.8, 4) is 12.1 Å². The van der Waals surface area contributed by atoms with E-state index in [-0.39, 0.29) is 42.8 Å². The number of carbonyl (C=O) groups excluding carboxylic acids is 2. The Morgan fingerprint density at radius 1 is 1.14 bits per heavy atom. The first-order chi connectivity index (χ1) is 21.0. The van der Waals surface area contributed by atoms with Gasteiger partial charge in [0.05, 0.1) is 37.3 Å². The highest BCUT2D eigenvalue weighted by Crippen LogP contribution is 2.36. The number of fused-ring (bicyclic) bond motifs is 2. The number of rotatable bonds is 9. The number of nitriles is 1. The van der Waals surface area contributed by atoms with Gasteiger partial charge in [0.25, 0.3) is 0 Å². The zero-order chi connectivity index (χ0) is 29.9. The Hall–Kier alpha value is -4.65. The molecule has 1 aromatic heterocycles. The van der Waals surface area contributed by atoms with Crippen LogP contribution in [0.1, 0.15) is 36.1 Å². The van der Waals surface area contributed by atoms with Crippen LogP contribution in [0.25, 0.3) is 10.8 Å². The number of hydrogen-bond acceptors (Lipinski definition) is 8. The average molecular weight is 580 g/mol. The maximum absolute atomic E-state index is 12.5. The second-order valence-corrected chi connectivity index (χ2v) is 11.5. The molecule has 1 N–H and O–H groups in total. The van der Waals surface area contributed by atoms with Crippen molar-refractivity contribution in [3.05, 3.63) is 65.9 Å². The summed E-state index contributed by atoms with van der Waals surface area (Å²) in [5.41, 5.74) is 4.38. The number of carbonyl (C=O) groups is 2. The molecule has 10 nitrogen and oxygen atoms in total. The largest absolute Gasteiger partial charge is 0.462 e. The van der Waals surface area contributed by atoms with Gasteiger partial charge < -0.3 is 24.8 Å². The van der Waals surface area contributed by atoms with Crippen LogP contribution in [0.4, 0.5) is 11.5 Å². The average Bonchev–Trinajstić information content (AvgIpc) is 3.88. The van der Waals surface area contributed by atoms with Crippen LogP contribution in [0.2, 0.25) is 0 Å². The van der Waals surface area contributed by atoms with Gasteiger partial charge >= 0.3 is 6.01 Å². The lowest BCUT2D eigenvalue weighted by Crippen LogP contribution is -2.55. The van der Waals surface area contributed by atoms with Gasteiger partial charge in [-0.1, -0.05) is 36.9 Å². The minimum Gasteiger partial charge on any atom is -0.462 e. The lowest BCUT2D eigenvalue weighted by molar-refractivity contribution is -0.128. The third-order valence-electron chi connectivity index (χ3n) is 8.60. The van der Waals surface area contributed by atoms with E-state index in [1.54, 1.807) is 4.90 Å². The topological polar surface area (TPSA) is 115 Å². The molecule has 10 heteroatoms. The zero-order valence-electron chi connectivity index (χ0n) is 24.6. The first-order valence-electron chi connectivity index (χ1n) is 15.1. The number of benzene rings is 2. The van der Waals surface area contributed by atoms with Crippen LogP contribution >= 0.6 is 0 Å². The van der Waals surface area contributed by atoms with Crippen molar-refractivity contribution in [1.82, 2.24) is 20.2 Å². The van der Waals surface area contributed by atoms with Crippen LogP contribution < -0.4 is 19.9 Å². The minimum absolute atomic E-state index is 0.0761. The predicted molar refractivity (Wildman–Crippen MR) is 165 cm³/mol. The lowest BCUT2D eigenvalue weighted by atomic mass is 9.99. The summed E-state index contributed by atoms with van der Waals surface area (Å²) >= 11 is 0. The van der Waals surface area contributed by atoms with Crippen molar-refractivity contribution >= 4 is 34.1 Å². The Morgan fingerprint density at radius 3 is 2.72 bits per heavy atom. The monoisotopic (exact) mass is 579 g/mol. The molecule has 2 aliphatic heterocycles. The number of aryl methyl sites for hydroxylation is 1. The SMILES string of the molecule is C=CC(=O)N1CCN(c2nc(OCCNC(=O)C3CC3)nc3c2CCN(c2cccc4cccc(C)c24)C3)C[C@@H]1CC#N. The van der Waals surface area contributed by atoms with Gasteiger partial charge in [-0.25, -0.2) is 0 Å². The van der Waals surface area contributed by atoms with Crippen molar-refractivity contribution in [2.75, 3.05) is 49.1 Å². The van der Waals surface area contributed by atoms with Crippen LogP contribution in [0, 0.1) is 24.2 Å². The molecule has 2 amide bonds. The molecule has 6 rings (SSSR count). The second kappa shape index (κ2) is 12.3. The molecular weight excluding hydrogens is 542 g/mol. The van der Waals surface area contributed by atoms with Crippen molar-refractivity contribution in [2.45, 2.75) is 45.2 Å². The third kappa shape index (κ3) is 5.98. The highest BCUT2D eigenvalue weighted by molar-refractivity contribution is 5.97. The molecular formula is C33H37N7O3. The molecule has 3 aliphatic rings. The van der Waals surface area contributed by atoms with Crippen LogP contribution in [0.3, 0.4) is 0 Å². The summed E-state index contributed by atoms with van der Waals surface area (Å²) in [6.07, 6.45) is 4.19. The van der Waals surface area contributed by atoms with E-state index in [1.807, 2.05) is 0 Å². The van der Waals surface area contributed by atoms with E-state index in [2.05, 4.69) is 71.1 Å². The standard InChI is InChI=1S/C33H37N7O3/c1-3-29(41)40-18-17-39(20-25(40)12-14-34)31-26-13-16-38(28-9-5-8-23-7-4-6-22(2)30(23)28)21-27(26)36-33(37-31)43-19-15-35-32(42)24-10-11-24/h3-9,24-25H,1,10-13,15-21H2,2H3,(H,35,42)/t25-/m0/s1. The fourth-order valence-corrected chi connectivity index (χ4v) is 6.23. The molecule has 1 saturated carbocycles. The normalized spacial score (nSPS) is 18.1. The maximum atomic E-state index is 12.5. The Morgan fingerprint density at radius 2 is 1.95 bits per heavy atom. The number of hydrogen-bond donors (Lipinski definition) is 1. The molecule has 0 radical (unpaired) electrons. The number of aromatic nitrogens is 2. The molecule has 2 aromatic carbocycles. The van der Waals surface area contributed by atoms with E-state index in [9.17, 15) is 14.9 Å². The maximum Gasteiger partial charge on any atom is 0.318 e. The van der Waals surface area contributed by atoms with Crippen molar-refractivity contribution in [2.24, 2.45) is 5.92 Å². The van der Waals surface area contributed by atoms with Gasteiger partial charge in [-0.05, 0) is 49.3 Å². The summed E-state index contributed by atoms with van der Waals surface area (Å²) in [5.74, 6) is 0.850. The number of piperazine rings is 1. The van der Waals surface area contributed by atoms with Gasteiger partial charge in [0, 0.05) is 48.7 Å². The quantitative estimate of drug-likeness (QED) is 0.303. The third-order valence-corrected chi connectivity index (χ3v) is 8.60. The van der Waals surface area contributed by atoms with Gasteiger partial charge in [-0.2, -0.15) is 15.2 Å². The van der Waals surface area contributed by atoms with Crippen LogP contribution in [-0.2, 0) is 22.6 Å². The van der Waals surface area contributed by atoms with Gasteiger partial charge in [0.15, 0.2) is 0 Å². The van der Waals surface area contributed by atoms with Gasteiger partial charge in [0.2, 0.25) is 11.8 Å². The first kappa shape index (κ1) is 28.5. The van der Waals surface area contributed by atoms with E-state index in [0.29, 0.717) is 32.7 Å². The number of nitrogens with zero attached hydrogens (tertiary/aromatic N) is 6. The summed E-state index contributed by atoms with van der Waals surface area (Å²) in [6.45, 7) is 9.38. The highest BCUT2D eigenvalue weighted by atomic mass is 16.5. The molecule has 43 heavy (non-hydrogen) atoms. The molecule has 1 aliphatic carbocycles. The molecule has 222 valence electrons. The Labute approximate surface area is 251 Å². The van der Waals surface area contributed by atoms with Gasteiger partial charge in [-0.15, -0.1) is 0 Å². The number of anilines is 2. The van der Waals surface area contributed by atoms with Crippen LogP contribution in [-0.4, -0.2) is 72.1 Å². The van der Waals surface area contributed by atoms with Crippen molar-refractivity contribution in [1.29, 1.82) is 5.26 Å². The Bertz CT molecular complexity index is 1590. The summed E-state index contributed by atoms with van der Waals surface area (Å²) < 4.78 is 6.02. The van der Waals surface area contributed by atoms with E-state index in [4.69, 9.17) is 14.7 Å². The summed E-state index contributed by atoms with van der Waals surface area (Å²) in [7, 11) is 0. The highest BCUT2D eigenvalue weighted by Gasteiger charge is 2.33. The lowest BCUT2D eigenvalue weighted by Gasteiger charge is -2.42. The van der Waals surface area contributed by atoms with E-state index in [0.717, 1.165) is 42.9 Å². The molecule has 0 bridgehead atoms. The minimum atomic E-state index is -0.268. The number of nitrogens with one attached hydrogen (secondary N) is 1. The second-order valence-electron chi connectivity index (χ2n) is 11.5. The zero-order valence-corrected chi connectivity index (χ0v) is 24.6. The fourth-order valence-electron chi connectivity index (χ4n) is 6.23. The smallest absolute Gasteiger partial charge is 0.318 e. The van der Waals surface area contributed by atoms with Crippen LogP contribution in [0.5, 0.6) is 6.01 Å². The Balaban J connectivity index is 1.29. The molecule has 1 atom stereocenters. The molecule has 1 saturated heterocycles. The predicted octanol–water partition coefficient (Wildman–Crippen LogP) is 3.52. The molecule has 3 aromatic rings. The van der Waals surface area contributed by atoms with Gasteiger partial charge in [-0.3, -0.25) is 9.59 Å².